The Morgan fingerprint density at radius 1 is 0.371 bits per heavy atom. The summed E-state index contributed by atoms with van der Waals surface area (Å²) < 4.78 is 17.4. The van der Waals surface area contributed by atoms with Crippen molar-refractivity contribution in [2.24, 2.45) is 0 Å². The topological polar surface area (TPSA) is 61.8 Å². The Kier molecular flexibility index (Phi) is 51.4. The first-order valence-corrected chi connectivity index (χ1v) is 27.2. The van der Waals surface area contributed by atoms with E-state index in [2.05, 4.69) is 69.4 Å². The maximum atomic E-state index is 12.8. The van der Waals surface area contributed by atoms with E-state index in [0.717, 1.165) is 77.0 Å². The standard InChI is InChI=1S/C57H104O5/c1-4-7-10-13-16-19-22-25-27-28-29-31-34-37-40-43-46-49-52-60-53-55(62-57(59)51-48-45-42-39-36-32-24-21-18-15-12-9-6-3)54-61-56(58)50-47-44-41-38-35-33-30-26-23-20-17-14-11-8-5-2/h8,11,17,20-21,24,26,30,55H,4-7,9-10,12-16,18-19,22-23,25,27-29,31-54H2,1-3H3/b11-8-,20-17-,24-21-,30-26-. The summed E-state index contributed by atoms with van der Waals surface area (Å²) in [4.78, 5) is 25.4. The molecule has 0 N–H and O–H groups in total. The maximum absolute atomic E-state index is 12.8. The second-order valence-corrected chi connectivity index (χ2v) is 18.1. The highest BCUT2D eigenvalue weighted by Gasteiger charge is 2.17. The number of rotatable bonds is 50. The molecule has 0 spiro atoms. The van der Waals surface area contributed by atoms with Crippen LogP contribution in [0.15, 0.2) is 48.6 Å². The van der Waals surface area contributed by atoms with Gasteiger partial charge in [-0.2, -0.15) is 0 Å². The summed E-state index contributed by atoms with van der Waals surface area (Å²) in [5, 5.41) is 0. The lowest BCUT2D eigenvalue weighted by Gasteiger charge is -2.18. The zero-order valence-corrected chi connectivity index (χ0v) is 41.6. The van der Waals surface area contributed by atoms with Crippen LogP contribution < -0.4 is 0 Å². The fourth-order valence-corrected chi connectivity index (χ4v) is 7.81. The van der Waals surface area contributed by atoms with Crippen LogP contribution in [0.5, 0.6) is 0 Å². The third kappa shape index (κ3) is 50.5. The van der Waals surface area contributed by atoms with E-state index in [1.807, 2.05) is 0 Å². The van der Waals surface area contributed by atoms with Gasteiger partial charge in [0.05, 0.1) is 6.61 Å². The average molecular weight is 869 g/mol. The second-order valence-electron chi connectivity index (χ2n) is 18.1. The van der Waals surface area contributed by atoms with Crippen LogP contribution in [0.4, 0.5) is 0 Å². The van der Waals surface area contributed by atoms with Crippen LogP contribution in [0.1, 0.15) is 278 Å². The first-order valence-electron chi connectivity index (χ1n) is 27.2. The smallest absolute Gasteiger partial charge is 0.306 e. The quantitative estimate of drug-likeness (QED) is 0.0346. The molecule has 362 valence electrons. The number of allylic oxidation sites excluding steroid dienone is 8. The lowest BCUT2D eigenvalue weighted by molar-refractivity contribution is -0.163. The molecular formula is C57H104O5. The van der Waals surface area contributed by atoms with Crippen molar-refractivity contribution < 1.29 is 23.8 Å². The van der Waals surface area contributed by atoms with Gasteiger partial charge in [-0.1, -0.05) is 236 Å². The molecule has 0 aliphatic carbocycles. The van der Waals surface area contributed by atoms with E-state index >= 15 is 0 Å². The lowest BCUT2D eigenvalue weighted by atomic mass is 10.0. The summed E-state index contributed by atoms with van der Waals surface area (Å²) in [5.74, 6) is -0.415. The molecule has 0 aliphatic rings. The number of esters is 2. The van der Waals surface area contributed by atoms with E-state index in [1.54, 1.807) is 0 Å². The fourth-order valence-electron chi connectivity index (χ4n) is 7.81. The van der Waals surface area contributed by atoms with Gasteiger partial charge in [0.2, 0.25) is 0 Å². The molecule has 0 rings (SSSR count). The average Bonchev–Trinajstić information content (AvgIpc) is 3.27. The molecule has 0 amide bonds. The van der Waals surface area contributed by atoms with Crippen LogP contribution in [-0.4, -0.2) is 37.9 Å². The molecule has 1 atom stereocenters. The van der Waals surface area contributed by atoms with Gasteiger partial charge in [-0.3, -0.25) is 9.59 Å². The van der Waals surface area contributed by atoms with Crippen LogP contribution in [0.25, 0.3) is 0 Å². The number of carbonyl (C=O) groups is 2. The van der Waals surface area contributed by atoms with Gasteiger partial charge in [0.25, 0.3) is 0 Å². The molecule has 0 aromatic rings. The predicted molar refractivity (Wildman–Crippen MR) is 270 cm³/mol. The van der Waals surface area contributed by atoms with Crippen LogP contribution in [0, 0.1) is 0 Å². The number of unbranched alkanes of at least 4 members (excludes halogenated alkanes) is 31. The van der Waals surface area contributed by atoms with Gasteiger partial charge in [-0.25, -0.2) is 0 Å². The molecule has 0 radical (unpaired) electrons. The molecule has 0 aliphatic heterocycles. The number of hydrogen-bond acceptors (Lipinski definition) is 5. The minimum absolute atomic E-state index is 0.0762. The van der Waals surface area contributed by atoms with Crippen molar-refractivity contribution in [3.8, 4) is 0 Å². The SMILES string of the molecule is CC/C=C\C/C=C\C/C=C\CCCCCCCC(=O)OCC(COCCCCCCCCCCCCCCCCCCCC)OC(=O)CCCCCCC/C=C\CCCCCC. The summed E-state index contributed by atoms with van der Waals surface area (Å²) in [5.41, 5.74) is 0. The van der Waals surface area contributed by atoms with Crippen molar-refractivity contribution in [1.29, 1.82) is 0 Å². The summed E-state index contributed by atoms with van der Waals surface area (Å²) in [6.07, 6.45) is 65.5. The molecule has 1 unspecified atom stereocenters. The van der Waals surface area contributed by atoms with Gasteiger partial charge in [-0.15, -0.1) is 0 Å². The second kappa shape index (κ2) is 53.2. The van der Waals surface area contributed by atoms with Gasteiger partial charge in [0.15, 0.2) is 6.10 Å². The van der Waals surface area contributed by atoms with Crippen LogP contribution in [0.2, 0.25) is 0 Å². The highest BCUT2D eigenvalue weighted by molar-refractivity contribution is 5.70. The Hall–Kier alpha value is -2.14. The molecule has 0 heterocycles. The zero-order valence-electron chi connectivity index (χ0n) is 41.6. The Bertz CT molecular complexity index is 1030. The zero-order chi connectivity index (χ0) is 44.9. The molecule has 0 aromatic carbocycles. The minimum atomic E-state index is -0.544. The van der Waals surface area contributed by atoms with E-state index in [-0.39, 0.29) is 25.2 Å². The Balaban J connectivity index is 4.25. The third-order valence-corrected chi connectivity index (χ3v) is 11.8. The van der Waals surface area contributed by atoms with Gasteiger partial charge in [0, 0.05) is 19.4 Å². The van der Waals surface area contributed by atoms with Gasteiger partial charge in [0.1, 0.15) is 6.61 Å². The lowest BCUT2D eigenvalue weighted by Crippen LogP contribution is -2.30. The van der Waals surface area contributed by atoms with Crippen molar-refractivity contribution in [3.05, 3.63) is 48.6 Å². The third-order valence-electron chi connectivity index (χ3n) is 11.8. The Labute approximate surface area is 386 Å². The molecule has 0 saturated carbocycles. The van der Waals surface area contributed by atoms with Crippen LogP contribution in [0.3, 0.4) is 0 Å². The van der Waals surface area contributed by atoms with Crippen molar-refractivity contribution >= 4 is 11.9 Å². The van der Waals surface area contributed by atoms with E-state index in [0.29, 0.717) is 19.4 Å². The number of hydrogen-bond donors (Lipinski definition) is 0. The molecule has 0 aromatic heterocycles. The van der Waals surface area contributed by atoms with Gasteiger partial charge in [-0.05, 0) is 77.0 Å². The molecule has 0 saturated heterocycles. The summed E-state index contributed by atoms with van der Waals surface area (Å²) in [6.45, 7) is 7.72. The first kappa shape index (κ1) is 59.9. The summed E-state index contributed by atoms with van der Waals surface area (Å²) in [6, 6.07) is 0. The minimum Gasteiger partial charge on any atom is -0.462 e. The van der Waals surface area contributed by atoms with Crippen molar-refractivity contribution in [1.82, 2.24) is 0 Å². The van der Waals surface area contributed by atoms with Crippen LogP contribution in [-0.2, 0) is 23.8 Å². The molecule has 62 heavy (non-hydrogen) atoms. The maximum Gasteiger partial charge on any atom is 0.306 e. The first-order chi connectivity index (χ1) is 30.6. The molecule has 5 nitrogen and oxygen atoms in total. The molecule has 0 bridgehead atoms. The van der Waals surface area contributed by atoms with E-state index < -0.39 is 6.10 Å². The Morgan fingerprint density at radius 3 is 1.19 bits per heavy atom. The molecule has 5 heteroatoms. The number of carbonyl (C=O) groups excluding carboxylic acids is 2. The largest absolute Gasteiger partial charge is 0.462 e. The molecular weight excluding hydrogens is 765 g/mol. The van der Waals surface area contributed by atoms with Gasteiger partial charge < -0.3 is 14.2 Å². The van der Waals surface area contributed by atoms with Gasteiger partial charge >= 0.3 is 11.9 Å². The predicted octanol–water partition coefficient (Wildman–Crippen LogP) is 18.3. The number of ether oxygens (including phenoxy) is 3. The van der Waals surface area contributed by atoms with E-state index in [4.69, 9.17) is 14.2 Å². The van der Waals surface area contributed by atoms with Crippen molar-refractivity contribution in [2.45, 2.75) is 284 Å². The van der Waals surface area contributed by atoms with Crippen molar-refractivity contribution in [2.75, 3.05) is 19.8 Å². The fraction of sp³-hybridized carbons (Fsp3) is 0.825. The summed E-state index contributed by atoms with van der Waals surface area (Å²) >= 11 is 0. The normalized spacial score (nSPS) is 12.5. The monoisotopic (exact) mass is 869 g/mol. The highest BCUT2D eigenvalue weighted by Crippen LogP contribution is 2.16. The highest BCUT2D eigenvalue weighted by atomic mass is 16.6. The molecule has 0 fully saturated rings. The summed E-state index contributed by atoms with van der Waals surface area (Å²) in [7, 11) is 0. The van der Waals surface area contributed by atoms with Crippen molar-refractivity contribution in [3.63, 3.8) is 0 Å². The Morgan fingerprint density at radius 2 is 0.726 bits per heavy atom. The van der Waals surface area contributed by atoms with E-state index in [9.17, 15) is 9.59 Å². The van der Waals surface area contributed by atoms with Crippen LogP contribution >= 0.6 is 0 Å². The van der Waals surface area contributed by atoms with E-state index in [1.165, 1.54) is 167 Å².